The van der Waals surface area contributed by atoms with E-state index in [0.29, 0.717) is 0 Å². The van der Waals surface area contributed by atoms with Gasteiger partial charge in [0, 0.05) is 19.5 Å². The average Bonchev–Trinajstić information content (AvgIpc) is 3.04. The summed E-state index contributed by atoms with van der Waals surface area (Å²) in [5, 5.41) is 0. The number of carbonyl (C=O) groups excluding carboxylic acids is 2. The number of nitrogens with zero attached hydrogens (tertiary/aromatic N) is 2. The predicted octanol–water partition coefficient (Wildman–Crippen LogP) is 2.47. The molecule has 26 heavy (non-hydrogen) atoms. The van der Waals surface area contributed by atoms with Gasteiger partial charge in [0.25, 0.3) is 10.0 Å². The lowest BCUT2D eigenvalue weighted by molar-refractivity contribution is -0.138. The molecule has 3 rings (SSSR count). The van der Waals surface area contributed by atoms with E-state index in [-0.39, 0.29) is 29.7 Å². The number of likely N-dealkylation sites (N-methyl/N-ethyl adjacent to an activating group) is 1. The van der Waals surface area contributed by atoms with E-state index in [1.807, 2.05) is 6.92 Å². The first-order chi connectivity index (χ1) is 12.3. The zero-order chi connectivity index (χ0) is 18.9. The maximum Gasteiger partial charge on any atom is 0.267 e. The first-order valence-electron chi connectivity index (χ1n) is 9.23. The van der Waals surface area contributed by atoms with E-state index >= 15 is 0 Å². The standard InChI is InChI=1S/C19H26N2O4S/c1-14-8-10-16(11-9-14)26(24,25)21-17(12-13-18(21)22)19(23)20(2)15-6-4-3-5-7-15/h8-11,15,17H,3-7,12-13H2,1-2H3. The maximum absolute atomic E-state index is 13.0. The molecule has 0 radical (unpaired) electrons. The van der Waals surface area contributed by atoms with Crippen molar-refractivity contribution in [3.8, 4) is 0 Å². The van der Waals surface area contributed by atoms with E-state index in [1.54, 1.807) is 24.1 Å². The van der Waals surface area contributed by atoms with Gasteiger partial charge in [0.15, 0.2) is 0 Å². The molecule has 0 N–H and O–H groups in total. The van der Waals surface area contributed by atoms with Gasteiger partial charge in [0.1, 0.15) is 6.04 Å². The Kier molecular flexibility index (Phi) is 5.37. The number of hydrogen-bond donors (Lipinski definition) is 0. The van der Waals surface area contributed by atoms with Crippen LogP contribution in [0, 0.1) is 6.92 Å². The molecule has 7 heteroatoms. The van der Waals surface area contributed by atoms with E-state index in [4.69, 9.17) is 0 Å². The molecule has 1 heterocycles. The molecule has 0 spiro atoms. The van der Waals surface area contributed by atoms with E-state index in [1.165, 1.54) is 18.6 Å². The predicted molar refractivity (Wildman–Crippen MR) is 97.9 cm³/mol. The molecule has 2 fully saturated rings. The van der Waals surface area contributed by atoms with Gasteiger partial charge in [-0.3, -0.25) is 9.59 Å². The topological polar surface area (TPSA) is 74.8 Å². The highest BCUT2D eigenvalue weighted by Crippen LogP contribution is 2.30. The number of amides is 2. The molecule has 1 aromatic rings. The van der Waals surface area contributed by atoms with Crippen LogP contribution in [0.3, 0.4) is 0 Å². The third-order valence-electron chi connectivity index (χ3n) is 5.49. The van der Waals surface area contributed by atoms with Gasteiger partial charge >= 0.3 is 0 Å². The lowest BCUT2D eigenvalue weighted by atomic mass is 9.94. The largest absolute Gasteiger partial charge is 0.341 e. The molecular formula is C19H26N2O4S. The number of sulfonamides is 1. The molecule has 1 aliphatic carbocycles. The second-order valence-electron chi connectivity index (χ2n) is 7.30. The summed E-state index contributed by atoms with van der Waals surface area (Å²) in [4.78, 5) is 27.1. The van der Waals surface area contributed by atoms with Crippen LogP contribution in [0.25, 0.3) is 0 Å². The van der Waals surface area contributed by atoms with Crippen LogP contribution in [-0.4, -0.2) is 48.6 Å². The summed E-state index contributed by atoms with van der Waals surface area (Å²) in [6.45, 7) is 1.86. The van der Waals surface area contributed by atoms with Crippen molar-refractivity contribution in [1.29, 1.82) is 0 Å². The fourth-order valence-electron chi connectivity index (χ4n) is 3.89. The molecule has 1 saturated carbocycles. The normalized spacial score (nSPS) is 21.8. The van der Waals surface area contributed by atoms with Crippen molar-refractivity contribution in [2.75, 3.05) is 7.05 Å². The molecule has 1 aliphatic heterocycles. The molecule has 1 aromatic carbocycles. The molecular weight excluding hydrogens is 352 g/mol. The Balaban J connectivity index is 1.86. The third-order valence-corrected chi connectivity index (χ3v) is 7.34. The highest BCUT2D eigenvalue weighted by atomic mass is 32.2. The maximum atomic E-state index is 13.0. The van der Waals surface area contributed by atoms with Crippen LogP contribution >= 0.6 is 0 Å². The van der Waals surface area contributed by atoms with Gasteiger partial charge in [-0.05, 0) is 38.3 Å². The number of aryl methyl sites for hydroxylation is 1. The van der Waals surface area contributed by atoms with E-state index < -0.39 is 22.0 Å². The van der Waals surface area contributed by atoms with Gasteiger partial charge in [-0.2, -0.15) is 0 Å². The van der Waals surface area contributed by atoms with Crippen LogP contribution in [0.2, 0.25) is 0 Å². The Morgan fingerprint density at radius 2 is 1.69 bits per heavy atom. The fraction of sp³-hybridized carbons (Fsp3) is 0.579. The van der Waals surface area contributed by atoms with Crippen molar-refractivity contribution in [3.05, 3.63) is 29.8 Å². The zero-order valence-corrected chi connectivity index (χ0v) is 16.2. The van der Waals surface area contributed by atoms with Gasteiger partial charge in [0.2, 0.25) is 11.8 Å². The number of rotatable bonds is 4. The Hall–Kier alpha value is -1.89. The molecule has 2 aliphatic rings. The minimum atomic E-state index is -4.03. The van der Waals surface area contributed by atoms with Crippen LogP contribution in [0.4, 0.5) is 0 Å². The highest BCUT2D eigenvalue weighted by Gasteiger charge is 2.45. The molecule has 2 amide bonds. The summed E-state index contributed by atoms with van der Waals surface area (Å²) >= 11 is 0. The molecule has 1 atom stereocenters. The third kappa shape index (κ3) is 3.49. The monoisotopic (exact) mass is 378 g/mol. The van der Waals surface area contributed by atoms with E-state index in [9.17, 15) is 18.0 Å². The van der Waals surface area contributed by atoms with Crippen molar-refractivity contribution in [2.45, 2.75) is 68.8 Å². The minimum Gasteiger partial charge on any atom is -0.341 e. The summed E-state index contributed by atoms with van der Waals surface area (Å²) in [5.41, 5.74) is 0.932. The van der Waals surface area contributed by atoms with Crippen molar-refractivity contribution in [3.63, 3.8) is 0 Å². The van der Waals surface area contributed by atoms with Crippen LogP contribution in [0.15, 0.2) is 29.2 Å². The van der Waals surface area contributed by atoms with E-state index in [0.717, 1.165) is 35.6 Å². The van der Waals surface area contributed by atoms with Gasteiger partial charge in [-0.1, -0.05) is 37.0 Å². The van der Waals surface area contributed by atoms with Gasteiger partial charge < -0.3 is 4.90 Å². The fourth-order valence-corrected chi connectivity index (χ4v) is 5.49. The second kappa shape index (κ2) is 7.39. The number of benzene rings is 1. The Morgan fingerprint density at radius 3 is 2.31 bits per heavy atom. The highest BCUT2D eigenvalue weighted by molar-refractivity contribution is 7.89. The van der Waals surface area contributed by atoms with Crippen molar-refractivity contribution in [1.82, 2.24) is 9.21 Å². The number of hydrogen-bond acceptors (Lipinski definition) is 4. The summed E-state index contributed by atoms with van der Waals surface area (Å²) in [7, 11) is -2.29. The Labute approximate surface area is 155 Å². The quantitative estimate of drug-likeness (QED) is 0.807. The van der Waals surface area contributed by atoms with Crippen molar-refractivity contribution in [2.24, 2.45) is 0 Å². The summed E-state index contributed by atoms with van der Waals surface area (Å²) in [5.74, 6) is -0.764. The summed E-state index contributed by atoms with van der Waals surface area (Å²) in [6.07, 6.45) is 5.55. The molecule has 142 valence electrons. The van der Waals surface area contributed by atoms with Gasteiger partial charge in [-0.15, -0.1) is 0 Å². The van der Waals surface area contributed by atoms with Crippen LogP contribution in [-0.2, 0) is 19.6 Å². The smallest absolute Gasteiger partial charge is 0.267 e. The van der Waals surface area contributed by atoms with Crippen molar-refractivity contribution >= 4 is 21.8 Å². The van der Waals surface area contributed by atoms with Crippen LogP contribution in [0.1, 0.15) is 50.5 Å². The molecule has 0 bridgehead atoms. The molecule has 1 unspecified atom stereocenters. The first kappa shape index (κ1) is 18.9. The van der Waals surface area contributed by atoms with Crippen LogP contribution < -0.4 is 0 Å². The summed E-state index contributed by atoms with van der Waals surface area (Å²) < 4.78 is 26.8. The molecule has 6 nitrogen and oxygen atoms in total. The average molecular weight is 378 g/mol. The second-order valence-corrected chi connectivity index (χ2v) is 9.12. The van der Waals surface area contributed by atoms with Crippen LogP contribution in [0.5, 0.6) is 0 Å². The Bertz CT molecular complexity index is 782. The lowest BCUT2D eigenvalue weighted by Gasteiger charge is -2.34. The lowest BCUT2D eigenvalue weighted by Crippen LogP contribution is -2.50. The SMILES string of the molecule is Cc1ccc(S(=O)(=O)N2C(=O)CCC2C(=O)N(C)C2CCCCC2)cc1. The van der Waals surface area contributed by atoms with Gasteiger partial charge in [0.05, 0.1) is 4.90 Å². The zero-order valence-electron chi connectivity index (χ0n) is 15.3. The first-order valence-corrected chi connectivity index (χ1v) is 10.7. The molecule has 1 saturated heterocycles. The Morgan fingerprint density at radius 1 is 1.08 bits per heavy atom. The minimum absolute atomic E-state index is 0.0523. The van der Waals surface area contributed by atoms with Crippen molar-refractivity contribution < 1.29 is 18.0 Å². The number of carbonyl (C=O) groups is 2. The van der Waals surface area contributed by atoms with E-state index in [2.05, 4.69) is 0 Å². The van der Waals surface area contributed by atoms with Gasteiger partial charge in [-0.25, -0.2) is 12.7 Å². The summed E-state index contributed by atoms with van der Waals surface area (Å²) in [6, 6.07) is 5.57. The molecule has 0 aromatic heterocycles.